The number of ether oxygens (including phenoxy) is 4. The molecule has 0 spiro atoms. The molecule has 0 bridgehead atoms. The lowest BCUT2D eigenvalue weighted by Gasteiger charge is -2.26. The molecule has 414 valence electrons. The van der Waals surface area contributed by atoms with Gasteiger partial charge < -0.3 is 33.3 Å². The van der Waals surface area contributed by atoms with Crippen molar-refractivity contribution < 1.29 is 42.9 Å². The first-order valence-electron chi connectivity index (χ1n) is 30.3. The molecule has 0 amide bonds. The Morgan fingerprint density at radius 2 is 0.729 bits per heavy atom. The van der Waals surface area contributed by atoms with E-state index in [2.05, 4.69) is 26.0 Å². The van der Waals surface area contributed by atoms with Crippen molar-refractivity contribution in [2.75, 3.05) is 47.5 Å². The minimum Gasteiger partial charge on any atom is -0.545 e. The van der Waals surface area contributed by atoms with E-state index >= 15 is 0 Å². The summed E-state index contributed by atoms with van der Waals surface area (Å²) in [5.74, 6) is -2.27. The molecule has 0 aliphatic rings. The Morgan fingerprint density at radius 1 is 0.414 bits per heavy atom. The van der Waals surface area contributed by atoms with Crippen LogP contribution in [-0.2, 0) is 33.3 Å². The van der Waals surface area contributed by atoms with Crippen molar-refractivity contribution in [1.29, 1.82) is 0 Å². The van der Waals surface area contributed by atoms with Crippen molar-refractivity contribution in [2.45, 2.75) is 315 Å². The first-order chi connectivity index (χ1) is 34.1. The first-order valence-corrected chi connectivity index (χ1v) is 30.3. The standard InChI is InChI=1S/C61H117NO8/c1-6-8-10-12-14-16-17-18-19-20-21-22-23-24-25-26-27-28-29-30-31-32-33-34-35-36-37-38-39-40-41-42-43-44-46-48-50-52-59(64)70-57(56-69-61(60(65)66)67-54-53-62(3,4)5)55-68-58(63)51-49-47-45-15-13-11-9-7-2/h20-21,57,61H,6-19,22-56H2,1-5H3/b21-20-. The van der Waals surface area contributed by atoms with E-state index in [1.807, 2.05) is 21.1 Å². The third kappa shape index (κ3) is 53.8. The molecule has 2 atom stereocenters. The second-order valence-electron chi connectivity index (χ2n) is 22.0. The predicted octanol–water partition coefficient (Wildman–Crippen LogP) is 16.4. The number of hydrogen-bond acceptors (Lipinski definition) is 8. The predicted molar refractivity (Wildman–Crippen MR) is 293 cm³/mol. The number of carboxylic acids is 1. The van der Waals surface area contributed by atoms with Crippen molar-refractivity contribution >= 4 is 17.9 Å². The van der Waals surface area contributed by atoms with Gasteiger partial charge in [-0.3, -0.25) is 9.59 Å². The Hall–Kier alpha value is -1.97. The fourth-order valence-electron chi connectivity index (χ4n) is 9.06. The van der Waals surface area contributed by atoms with E-state index in [4.69, 9.17) is 18.9 Å². The molecule has 0 heterocycles. The normalized spacial score (nSPS) is 12.8. The van der Waals surface area contributed by atoms with Crippen molar-refractivity contribution in [3.05, 3.63) is 12.2 Å². The number of rotatable bonds is 57. The molecule has 9 nitrogen and oxygen atoms in total. The third-order valence-corrected chi connectivity index (χ3v) is 13.8. The van der Waals surface area contributed by atoms with Gasteiger partial charge in [0.25, 0.3) is 0 Å². The highest BCUT2D eigenvalue weighted by Crippen LogP contribution is 2.18. The number of allylic oxidation sites excluding steroid dienone is 2. The molecule has 0 aliphatic carbocycles. The fraction of sp³-hybridized carbons (Fsp3) is 0.918. The maximum Gasteiger partial charge on any atom is 0.306 e. The van der Waals surface area contributed by atoms with Crippen LogP contribution in [0.5, 0.6) is 0 Å². The van der Waals surface area contributed by atoms with Crippen LogP contribution in [0, 0.1) is 0 Å². The number of hydrogen-bond donors (Lipinski definition) is 0. The molecule has 9 heteroatoms. The van der Waals surface area contributed by atoms with Crippen LogP contribution in [0.4, 0.5) is 0 Å². The quantitative estimate of drug-likeness (QED) is 0.0195. The van der Waals surface area contributed by atoms with Gasteiger partial charge in [-0.2, -0.15) is 0 Å². The maximum absolute atomic E-state index is 12.8. The van der Waals surface area contributed by atoms with Gasteiger partial charge in [0.1, 0.15) is 13.2 Å². The van der Waals surface area contributed by atoms with E-state index in [1.165, 1.54) is 238 Å². The second kappa shape index (κ2) is 53.3. The average Bonchev–Trinajstić information content (AvgIpc) is 3.33. The number of carbonyl (C=O) groups is 3. The molecular weight excluding hydrogens is 875 g/mol. The maximum atomic E-state index is 12.8. The number of likely N-dealkylation sites (N-methyl/N-ethyl adjacent to an activating group) is 1. The highest BCUT2D eigenvalue weighted by atomic mass is 16.7. The largest absolute Gasteiger partial charge is 0.545 e. The summed E-state index contributed by atoms with van der Waals surface area (Å²) in [6, 6.07) is 0. The van der Waals surface area contributed by atoms with Gasteiger partial charge in [-0.1, -0.05) is 264 Å². The topological polar surface area (TPSA) is 111 Å². The summed E-state index contributed by atoms with van der Waals surface area (Å²) in [7, 11) is 5.92. The van der Waals surface area contributed by atoms with Gasteiger partial charge in [-0.15, -0.1) is 0 Å². The number of unbranched alkanes of at least 4 members (excludes halogenated alkanes) is 40. The van der Waals surface area contributed by atoms with Crippen molar-refractivity contribution in [2.24, 2.45) is 0 Å². The Bertz CT molecular complexity index is 1150. The van der Waals surface area contributed by atoms with E-state index in [0.29, 0.717) is 17.4 Å². The van der Waals surface area contributed by atoms with E-state index in [9.17, 15) is 19.5 Å². The van der Waals surface area contributed by atoms with Gasteiger partial charge in [-0.25, -0.2) is 0 Å². The summed E-state index contributed by atoms with van der Waals surface area (Å²) in [4.78, 5) is 37.0. The molecule has 2 unspecified atom stereocenters. The van der Waals surface area contributed by atoms with E-state index < -0.39 is 24.3 Å². The molecule has 0 aliphatic heterocycles. The number of nitrogens with zero attached hydrogens (tertiary/aromatic N) is 1. The summed E-state index contributed by atoms with van der Waals surface area (Å²) in [6.07, 6.45) is 59.0. The Labute approximate surface area is 434 Å². The molecule has 0 saturated carbocycles. The smallest absolute Gasteiger partial charge is 0.306 e. The molecule has 0 saturated heterocycles. The monoisotopic (exact) mass is 992 g/mol. The fourth-order valence-corrected chi connectivity index (χ4v) is 9.06. The molecule has 0 radical (unpaired) electrons. The first kappa shape index (κ1) is 68.0. The minimum atomic E-state index is -1.61. The lowest BCUT2D eigenvalue weighted by Crippen LogP contribution is -2.44. The van der Waals surface area contributed by atoms with Crippen LogP contribution in [0.2, 0.25) is 0 Å². The van der Waals surface area contributed by atoms with Crippen LogP contribution in [0.1, 0.15) is 303 Å². The zero-order chi connectivity index (χ0) is 51.3. The zero-order valence-electron chi connectivity index (χ0n) is 47.2. The number of carboxylic acid groups (broad SMARTS) is 1. The van der Waals surface area contributed by atoms with Crippen LogP contribution in [0.25, 0.3) is 0 Å². The number of quaternary nitrogens is 1. The Balaban J connectivity index is 3.84. The lowest BCUT2D eigenvalue weighted by molar-refractivity contribution is -0.870. The summed E-state index contributed by atoms with van der Waals surface area (Å²) in [6.45, 7) is 4.75. The molecule has 0 aromatic heterocycles. The molecule has 0 fully saturated rings. The SMILES string of the molecule is CCCCCCCCCC/C=C\CCCCCCCCCCCCCCCCCCCCCCCCCCCC(=O)OC(COC(=O)CCCCCCCCCC)COC(OCC[N+](C)(C)C)C(=O)[O-]. The van der Waals surface area contributed by atoms with Gasteiger partial charge in [-0.05, 0) is 38.5 Å². The average molecular weight is 993 g/mol. The number of aliphatic carboxylic acids is 1. The zero-order valence-corrected chi connectivity index (χ0v) is 47.2. The van der Waals surface area contributed by atoms with Gasteiger partial charge in [0, 0.05) is 12.8 Å². The van der Waals surface area contributed by atoms with Crippen LogP contribution < -0.4 is 5.11 Å². The number of carbonyl (C=O) groups excluding carboxylic acids is 3. The molecule has 0 aromatic carbocycles. The molecule has 70 heavy (non-hydrogen) atoms. The van der Waals surface area contributed by atoms with Crippen molar-refractivity contribution in [3.8, 4) is 0 Å². The Morgan fingerprint density at radius 3 is 1.06 bits per heavy atom. The van der Waals surface area contributed by atoms with Crippen LogP contribution in [0.15, 0.2) is 12.2 Å². The van der Waals surface area contributed by atoms with Crippen LogP contribution >= 0.6 is 0 Å². The molecule has 0 rings (SSSR count). The van der Waals surface area contributed by atoms with Gasteiger partial charge >= 0.3 is 11.9 Å². The highest BCUT2D eigenvalue weighted by molar-refractivity contribution is 5.70. The minimum absolute atomic E-state index is 0.152. The summed E-state index contributed by atoms with van der Waals surface area (Å²) in [5.41, 5.74) is 0. The third-order valence-electron chi connectivity index (χ3n) is 13.8. The van der Waals surface area contributed by atoms with E-state index in [-0.39, 0.29) is 32.2 Å². The molecule has 0 N–H and O–H groups in total. The molecular formula is C61H117NO8. The van der Waals surface area contributed by atoms with Gasteiger partial charge in [0.05, 0.1) is 40.3 Å². The summed E-state index contributed by atoms with van der Waals surface area (Å²) >= 11 is 0. The summed E-state index contributed by atoms with van der Waals surface area (Å²) in [5, 5.41) is 11.7. The van der Waals surface area contributed by atoms with Crippen LogP contribution in [0.3, 0.4) is 0 Å². The van der Waals surface area contributed by atoms with E-state index in [0.717, 1.165) is 38.5 Å². The molecule has 0 aromatic rings. The van der Waals surface area contributed by atoms with Gasteiger partial charge in [0.2, 0.25) is 0 Å². The van der Waals surface area contributed by atoms with E-state index in [1.54, 1.807) is 0 Å². The second-order valence-corrected chi connectivity index (χ2v) is 22.0. The number of esters is 2. The summed E-state index contributed by atoms with van der Waals surface area (Å²) < 4.78 is 22.6. The Kier molecular flexibility index (Phi) is 51.8. The van der Waals surface area contributed by atoms with Crippen LogP contribution in [-0.4, -0.2) is 82.3 Å². The lowest BCUT2D eigenvalue weighted by atomic mass is 10.0. The highest BCUT2D eigenvalue weighted by Gasteiger charge is 2.22. The van der Waals surface area contributed by atoms with Crippen molar-refractivity contribution in [3.63, 3.8) is 0 Å². The van der Waals surface area contributed by atoms with Gasteiger partial charge in [0.15, 0.2) is 12.4 Å². The van der Waals surface area contributed by atoms with Crippen molar-refractivity contribution in [1.82, 2.24) is 0 Å².